The van der Waals surface area contributed by atoms with E-state index in [1.807, 2.05) is 0 Å². The molecule has 1 saturated heterocycles. The van der Waals surface area contributed by atoms with E-state index in [9.17, 15) is 13.5 Å². The molecule has 6 heteroatoms. The summed E-state index contributed by atoms with van der Waals surface area (Å²) < 4.78 is 27.7. The molecule has 2 atom stereocenters. The van der Waals surface area contributed by atoms with Gasteiger partial charge < -0.3 is 15.2 Å². The average Bonchev–Trinajstić information content (AvgIpc) is 2.72. The predicted octanol–water partition coefficient (Wildman–Crippen LogP) is -0.0606. The van der Waals surface area contributed by atoms with Crippen molar-refractivity contribution in [3.05, 3.63) is 29.8 Å². The summed E-state index contributed by atoms with van der Waals surface area (Å²) in [4.78, 5) is 0.315. The quantitative estimate of drug-likeness (QED) is 0.802. The zero-order valence-electron chi connectivity index (χ0n) is 10.2. The van der Waals surface area contributed by atoms with Crippen LogP contribution in [-0.2, 0) is 21.1 Å². The van der Waals surface area contributed by atoms with Crippen molar-refractivity contribution in [2.24, 2.45) is 0 Å². The Labute approximate surface area is 107 Å². The second kappa shape index (κ2) is 5.36. The molecule has 1 aliphatic rings. The topological polar surface area (TPSA) is 75.6 Å². The lowest BCUT2D eigenvalue weighted by Crippen LogP contribution is -2.38. The molecule has 2 unspecified atom stereocenters. The monoisotopic (exact) mass is 271 g/mol. The van der Waals surface area contributed by atoms with Crippen molar-refractivity contribution in [2.45, 2.75) is 23.6 Å². The van der Waals surface area contributed by atoms with Crippen molar-refractivity contribution in [3.8, 4) is 0 Å². The van der Waals surface area contributed by atoms with Gasteiger partial charge >= 0.3 is 0 Å². The highest BCUT2D eigenvalue weighted by Gasteiger charge is 2.25. The van der Waals surface area contributed by atoms with Gasteiger partial charge in [-0.3, -0.25) is 0 Å². The fourth-order valence-electron chi connectivity index (χ4n) is 1.84. The number of ether oxygens (including phenoxy) is 1. The van der Waals surface area contributed by atoms with E-state index in [2.05, 4.69) is 5.32 Å². The van der Waals surface area contributed by atoms with Crippen molar-refractivity contribution in [1.82, 2.24) is 5.32 Å². The van der Waals surface area contributed by atoms with Crippen LogP contribution in [0.25, 0.3) is 0 Å². The number of aliphatic hydroxyl groups is 1. The Morgan fingerprint density at radius 3 is 2.50 bits per heavy atom. The van der Waals surface area contributed by atoms with Gasteiger partial charge in [-0.05, 0) is 17.7 Å². The first kappa shape index (κ1) is 13.5. The first-order chi connectivity index (χ1) is 8.47. The van der Waals surface area contributed by atoms with E-state index in [1.165, 1.54) is 6.26 Å². The first-order valence-electron chi connectivity index (χ1n) is 5.75. The van der Waals surface area contributed by atoms with Gasteiger partial charge in [0, 0.05) is 12.8 Å². The third-order valence-electron chi connectivity index (χ3n) is 2.97. The second-order valence-electron chi connectivity index (χ2n) is 4.51. The van der Waals surface area contributed by atoms with Crippen molar-refractivity contribution in [2.75, 3.05) is 19.5 Å². The van der Waals surface area contributed by atoms with Gasteiger partial charge in [-0.15, -0.1) is 0 Å². The second-order valence-corrected chi connectivity index (χ2v) is 6.52. The molecule has 0 aliphatic carbocycles. The maximum absolute atomic E-state index is 11.3. The number of nitrogens with one attached hydrogen (secondary N) is 1. The lowest BCUT2D eigenvalue weighted by Gasteiger charge is -2.14. The maximum atomic E-state index is 11.3. The standard InChI is InChI=1S/C12H17NO4S/c1-18(15,16)10-4-2-9(3-5-10)6-13-11-7-17-8-12(11)14/h2-5,11-14H,6-8H2,1H3. The number of sulfone groups is 1. The molecule has 0 spiro atoms. The number of rotatable bonds is 4. The molecule has 0 radical (unpaired) electrons. The van der Waals surface area contributed by atoms with Crippen LogP contribution in [0.4, 0.5) is 0 Å². The molecule has 2 N–H and O–H groups in total. The van der Waals surface area contributed by atoms with E-state index >= 15 is 0 Å². The van der Waals surface area contributed by atoms with E-state index in [0.29, 0.717) is 24.7 Å². The Kier molecular flexibility index (Phi) is 4.01. The van der Waals surface area contributed by atoms with E-state index in [0.717, 1.165) is 5.56 Å². The van der Waals surface area contributed by atoms with Gasteiger partial charge in [0.15, 0.2) is 9.84 Å². The summed E-state index contributed by atoms with van der Waals surface area (Å²) >= 11 is 0. The van der Waals surface area contributed by atoms with Crippen LogP contribution >= 0.6 is 0 Å². The van der Waals surface area contributed by atoms with Gasteiger partial charge in [0.25, 0.3) is 0 Å². The van der Waals surface area contributed by atoms with Crippen LogP contribution in [0.3, 0.4) is 0 Å². The number of hydrogen-bond donors (Lipinski definition) is 2. The first-order valence-corrected chi connectivity index (χ1v) is 7.64. The summed E-state index contributed by atoms with van der Waals surface area (Å²) in [6.45, 7) is 1.45. The predicted molar refractivity (Wildman–Crippen MR) is 67.0 cm³/mol. The van der Waals surface area contributed by atoms with E-state index < -0.39 is 15.9 Å². The Bertz CT molecular complexity index is 497. The number of aliphatic hydroxyl groups excluding tert-OH is 1. The Morgan fingerprint density at radius 1 is 1.33 bits per heavy atom. The molecular weight excluding hydrogens is 254 g/mol. The lowest BCUT2D eigenvalue weighted by molar-refractivity contribution is 0.122. The molecular formula is C12H17NO4S. The van der Waals surface area contributed by atoms with Crippen LogP contribution in [0.1, 0.15) is 5.56 Å². The fourth-order valence-corrected chi connectivity index (χ4v) is 2.47. The van der Waals surface area contributed by atoms with E-state index in [1.54, 1.807) is 24.3 Å². The van der Waals surface area contributed by atoms with Crippen molar-refractivity contribution >= 4 is 9.84 Å². The molecule has 1 aliphatic heterocycles. The van der Waals surface area contributed by atoms with Crippen LogP contribution in [0.15, 0.2) is 29.2 Å². The summed E-state index contributed by atoms with van der Waals surface area (Å²) in [5.41, 5.74) is 0.974. The zero-order chi connectivity index (χ0) is 13.2. The molecule has 0 bridgehead atoms. The fraction of sp³-hybridized carbons (Fsp3) is 0.500. The summed E-state index contributed by atoms with van der Waals surface area (Å²) in [6.07, 6.45) is 0.715. The highest BCUT2D eigenvalue weighted by atomic mass is 32.2. The Balaban J connectivity index is 1.94. The van der Waals surface area contributed by atoms with E-state index in [-0.39, 0.29) is 6.04 Å². The van der Waals surface area contributed by atoms with Crippen LogP contribution < -0.4 is 5.32 Å². The Hall–Kier alpha value is -0.950. The van der Waals surface area contributed by atoms with Crippen LogP contribution in [0.2, 0.25) is 0 Å². The largest absolute Gasteiger partial charge is 0.389 e. The molecule has 1 aromatic rings. The molecule has 18 heavy (non-hydrogen) atoms. The smallest absolute Gasteiger partial charge is 0.175 e. The lowest BCUT2D eigenvalue weighted by atomic mass is 10.2. The molecule has 1 fully saturated rings. The third-order valence-corrected chi connectivity index (χ3v) is 4.10. The normalized spacial score (nSPS) is 24.3. The minimum absolute atomic E-state index is 0.0559. The average molecular weight is 271 g/mol. The van der Waals surface area contributed by atoms with Gasteiger partial charge in [-0.2, -0.15) is 0 Å². The maximum Gasteiger partial charge on any atom is 0.175 e. The summed E-state index contributed by atoms with van der Waals surface area (Å²) in [6, 6.07) is 6.67. The van der Waals surface area contributed by atoms with Gasteiger partial charge in [0.2, 0.25) is 0 Å². The van der Waals surface area contributed by atoms with Gasteiger partial charge in [0.1, 0.15) is 0 Å². The summed E-state index contributed by atoms with van der Waals surface area (Å²) in [5, 5.41) is 12.7. The highest BCUT2D eigenvalue weighted by Crippen LogP contribution is 2.11. The van der Waals surface area contributed by atoms with Crippen molar-refractivity contribution in [3.63, 3.8) is 0 Å². The molecule has 0 aromatic heterocycles. The number of benzene rings is 1. The van der Waals surface area contributed by atoms with Crippen LogP contribution in [0, 0.1) is 0 Å². The Morgan fingerprint density at radius 2 is 2.00 bits per heavy atom. The van der Waals surface area contributed by atoms with Crippen LogP contribution in [-0.4, -0.2) is 45.1 Å². The molecule has 0 saturated carbocycles. The molecule has 1 aromatic carbocycles. The number of hydrogen-bond acceptors (Lipinski definition) is 5. The zero-order valence-corrected chi connectivity index (χ0v) is 11.0. The van der Waals surface area contributed by atoms with Gasteiger partial charge in [-0.1, -0.05) is 12.1 Å². The van der Waals surface area contributed by atoms with E-state index in [4.69, 9.17) is 4.74 Å². The van der Waals surface area contributed by atoms with Crippen molar-refractivity contribution in [1.29, 1.82) is 0 Å². The molecule has 2 rings (SSSR count). The molecule has 1 heterocycles. The van der Waals surface area contributed by atoms with Gasteiger partial charge in [0.05, 0.1) is 30.3 Å². The summed E-state index contributed by atoms with van der Waals surface area (Å²) in [5.74, 6) is 0. The third kappa shape index (κ3) is 3.29. The van der Waals surface area contributed by atoms with Crippen LogP contribution in [0.5, 0.6) is 0 Å². The molecule has 100 valence electrons. The van der Waals surface area contributed by atoms with Gasteiger partial charge in [-0.25, -0.2) is 8.42 Å². The SMILES string of the molecule is CS(=O)(=O)c1ccc(CNC2COCC2O)cc1. The van der Waals surface area contributed by atoms with Crippen molar-refractivity contribution < 1.29 is 18.3 Å². The highest BCUT2D eigenvalue weighted by molar-refractivity contribution is 7.90. The summed E-state index contributed by atoms with van der Waals surface area (Å²) in [7, 11) is -3.14. The minimum atomic E-state index is -3.14. The minimum Gasteiger partial charge on any atom is -0.389 e. The molecule has 5 nitrogen and oxygen atoms in total. The molecule has 0 amide bonds.